The summed E-state index contributed by atoms with van der Waals surface area (Å²) in [7, 11) is 0. The summed E-state index contributed by atoms with van der Waals surface area (Å²) in [5, 5.41) is 7.58. The summed E-state index contributed by atoms with van der Waals surface area (Å²) in [6.07, 6.45) is -3.44. The third-order valence-corrected chi connectivity index (χ3v) is 2.31. The molecular weight excluding hydrogens is 233 g/mol. The van der Waals surface area contributed by atoms with Gasteiger partial charge in [-0.15, -0.1) is 10.2 Å². The number of aromatic nitrogens is 3. The topological polar surface area (TPSA) is 56.2 Å². The van der Waals surface area contributed by atoms with Crippen molar-refractivity contribution in [3.8, 4) is 0 Å². The van der Waals surface area contributed by atoms with Crippen LogP contribution in [0.2, 0.25) is 0 Å². The van der Waals surface area contributed by atoms with Crippen LogP contribution in [0.4, 0.5) is 13.2 Å². The normalized spacial score (nSPS) is 13.3. The maximum absolute atomic E-state index is 12.6. The van der Waals surface area contributed by atoms with Crippen molar-refractivity contribution in [3.63, 3.8) is 0 Å². The number of halogens is 3. The van der Waals surface area contributed by atoms with Gasteiger partial charge in [0.05, 0.1) is 11.1 Å². The highest BCUT2D eigenvalue weighted by Crippen LogP contribution is 2.29. The predicted molar refractivity (Wildman–Crippen MR) is 55.2 cm³/mol. The molecule has 0 aliphatic rings. The van der Waals surface area contributed by atoms with Crippen LogP contribution < -0.4 is 5.73 Å². The van der Waals surface area contributed by atoms with Crippen LogP contribution >= 0.6 is 0 Å². The molecule has 7 heteroatoms. The number of rotatable bonds is 1. The van der Waals surface area contributed by atoms with E-state index < -0.39 is 17.3 Å². The van der Waals surface area contributed by atoms with E-state index in [2.05, 4.69) is 10.2 Å². The molecule has 2 aromatic heterocycles. The van der Waals surface area contributed by atoms with Crippen molar-refractivity contribution in [2.45, 2.75) is 25.6 Å². The second-order valence-corrected chi connectivity index (χ2v) is 4.39. The fourth-order valence-corrected chi connectivity index (χ4v) is 1.50. The van der Waals surface area contributed by atoms with E-state index in [1.807, 2.05) is 0 Å². The largest absolute Gasteiger partial charge is 0.417 e. The van der Waals surface area contributed by atoms with Gasteiger partial charge in [-0.05, 0) is 26.0 Å². The fraction of sp³-hybridized carbons (Fsp3) is 0.400. The molecule has 0 bridgehead atoms. The monoisotopic (exact) mass is 244 g/mol. The van der Waals surface area contributed by atoms with Crippen molar-refractivity contribution in [2.24, 2.45) is 5.73 Å². The predicted octanol–water partition coefficient (Wildman–Crippen LogP) is 1.94. The van der Waals surface area contributed by atoms with Gasteiger partial charge in [0.15, 0.2) is 11.5 Å². The van der Waals surface area contributed by atoms with Gasteiger partial charge < -0.3 is 5.73 Å². The highest BCUT2D eigenvalue weighted by molar-refractivity contribution is 5.41. The summed E-state index contributed by atoms with van der Waals surface area (Å²) < 4.78 is 39.0. The van der Waals surface area contributed by atoms with E-state index in [0.717, 1.165) is 12.3 Å². The van der Waals surface area contributed by atoms with Crippen LogP contribution in [0.3, 0.4) is 0 Å². The van der Waals surface area contributed by atoms with Gasteiger partial charge in [-0.2, -0.15) is 13.2 Å². The molecule has 0 radical (unpaired) electrons. The molecule has 0 spiro atoms. The average molecular weight is 244 g/mol. The molecule has 0 atom stereocenters. The second kappa shape index (κ2) is 3.43. The molecule has 0 aromatic carbocycles. The lowest BCUT2D eigenvalue weighted by molar-refractivity contribution is -0.137. The van der Waals surface area contributed by atoms with Gasteiger partial charge in [0.2, 0.25) is 0 Å². The number of nitrogens with two attached hydrogens (primary N) is 1. The van der Waals surface area contributed by atoms with E-state index in [4.69, 9.17) is 5.73 Å². The maximum Gasteiger partial charge on any atom is 0.417 e. The quantitative estimate of drug-likeness (QED) is 0.834. The van der Waals surface area contributed by atoms with E-state index >= 15 is 0 Å². The van der Waals surface area contributed by atoms with Crippen LogP contribution in [-0.4, -0.2) is 14.6 Å². The molecule has 0 fully saturated rings. The van der Waals surface area contributed by atoms with Gasteiger partial charge in [-0.3, -0.25) is 4.40 Å². The van der Waals surface area contributed by atoms with Crippen molar-refractivity contribution < 1.29 is 13.2 Å². The summed E-state index contributed by atoms with van der Waals surface area (Å²) in [6, 6.07) is 2.24. The molecule has 0 saturated carbocycles. The van der Waals surface area contributed by atoms with E-state index in [0.29, 0.717) is 11.5 Å². The van der Waals surface area contributed by atoms with Gasteiger partial charge in [-0.25, -0.2) is 0 Å². The molecular formula is C10H11F3N4. The minimum atomic E-state index is -4.39. The number of pyridine rings is 1. The molecule has 2 N–H and O–H groups in total. The summed E-state index contributed by atoms with van der Waals surface area (Å²) in [6.45, 7) is 3.31. The fourth-order valence-electron chi connectivity index (χ4n) is 1.50. The number of hydrogen-bond donors (Lipinski definition) is 1. The lowest BCUT2D eigenvalue weighted by Gasteiger charge is -2.16. The van der Waals surface area contributed by atoms with Gasteiger partial charge in [0, 0.05) is 6.20 Å². The summed E-state index contributed by atoms with van der Waals surface area (Å²) in [5.74, 6) is 0.290. The van der Waals surface area contributed by atoms with E-state index in [1.165, 1.54) is 10.5 Å². The van der Waals surface area contributed by atoms with Gasteiger partial charge in [0.1, 0.15) is 0 Å². The van der Waals surface area contributed by atoms with Crippen molar-refractivity contribution >= 4 is 5.65 Å². The first-order chi connectivity index (χ1) is 7.69. The van der Waals surface area contributed by atoms with E-state index in [1.54, 1.807) is 13.8 Å². The lowest BCUT2D eigenvalue weighted by Crippen LogP contribution is -2.31. The Labute approximate surface area is 95.3 Å². The van der Waals surface area contributed by atoms with Crippen LogP contribution in [0.15, 0.2) is 18.3 Å². The zero-order valence-electron chi connectivity index (χ0n) is 9.28. The maximum atomic E-state index is 12.6. The minimum absolute atomic E-state index is 0.290. The Morgan fingerprint density at radius 3 is 2.35 bits per heavy atom. The summed E-state index contributed by atoms with van der Waals surface area (Å²) >= 11 is 0. The number of fused-ring (bicyclic) bond motifs is 1. The highest BCUT2D eigenvalue weighted by atomic mass is 19.4. The zero-order valence-corrected chi connectivity index (χ0v) is 9.28. The van der Waals surface area contributed by atoms with Crippen LogP contribution in [0.5, 0.6) is 0 Å². The van der Waals surface area contributed by atoms with Crippen LogP contribution in [0.1, 0.15) is 25.2 Å². The van der Waals surface area contributed by atoms with Crippen molar-refractivity contribution in [1.82, 2.24) is 14.6 Å². The van der Waals surface area contributed by atoms with Crippen LogP contribution in [0.25, 0.3) is 5.65 Å². The Balaban J connectivity index is 2.67. The van der Waals surface area contributed by atoms with Crippen molar-refractivity contribution in [2.75, 3.05) is 0 Å². The third kappa shape index (κ3) is 2.10. The summed E-state index contributed by atoms with van der Waals surface area (Å²) in [5.41, 5.74) is 4.55. The average Bonchev–Trinajstić information content (AvgIpc) is 2.57. The zero-order chi connectivity index (χ0) is 12.8. The summed E-state index contributed by atoms with van der Waals surface area (Å²) in [4.78, 5) is 0. The molecule has 2 heterocycles. The Hall–Kier alpha value is -1.63. The Morgan fingerprint density at radius 2 is 1.82 bits per heavy atom. The van der Waals surface area contributed by atoms with Gasteiger partial charge in [0.25, 0.3) is 0 Å². The molecule has 17 heavy (non-hydrogen) atoms. The molecule has 0 amide bonds. The van der Waals surface area contributed by atoms with Crippen LogP contribution in [-0.2, 0) is 11.7 Å². The van der Waals surface area contributed by atoms with Crippen molar-refractivity contribution in [3.05, 3.63) is 29.7 Å². The standard InChI is InChI=1S/C10H11F3N4/c1-9(2,14)8-16-15-7-4-3-6(5-17(7)8)10(11,12)13/h3-5H,14H2,1-2H3. The lowest BCUT2D eigenvalue weighted by atomic mass is 10.1. The smallest absolute Gasteiger partial charge is 0.319 e. The first-order valence-electron chi connectivity index (χ1n) is 4.91. The first-order valence-corrected chi connectivity index (χ1v) is 4.91. The number of hydrogen-bond acceptors (Lipinski definition) is 3. The van der Waals surface area contributed by atoms with Gasteiger partial charge in [-0.1, -0.05) is 0 Å². The molecule has 4 nitrogen and oxygen atoms in total. The molecule has 0 saturated heterocycles. The van der Waals surface area contributed by atoms with Crippen LogP contribution in [0, 0.1) is 0 Å². The van der Waals surface area contributed by atoms with E-state index in [-0.39, 0.29) is 0 Å². The Kier molecular flexibility index (Phi) is 2.39. The molecule has 2 aromatic rings. The Morgan fingerprint density at radius 1 is 1.18 bits per heavy atom. The highest BCUT2D eigenvalue weighted by Gasteiger charge is 2.32. The molecule has 92 valence electrons. The third-order valence-electron chi connectivity index (χ3n) is 2.31. The first kappa shape index (κ1) is 11.8. The molecule has 0 aliphatic heterocycles. The van der Waals surface area contributed by atoms with Crippen molar-refractivity contribution in [1.29, 1.82) is 0 Å². The molecule has 0 aliphatic carbocycles. The van der Waals surface area contributed by atoms with E-state index in [9.17, 15) is 13.2 Å². The second-order valence-electron chi connectivity index (χ2n) is 4.39. The molecule has 2 rings (SSSR count). The SMILES string of the molecule is CC(C)(N)c1nnc2ccc(C(F)(F)F)cn12. The number of nitrogens with zero attached hydrogens (tertiary/aromatic N) is 3. The van der Waals surface area contributed by atoms with Gasteiger partial charge >= 0.3 is 6.18 Å². The Bertz CT molecular complexity index is 551. The number of alkyl halides is 3. The minimum Gasteiger partial charge on any atom is -0.319 e. The molecule has 0 unspecified atom stereocenters.